The summed E-state index contributed by atoms with van der Waals surface area (Å²) >= 11 is 0. The number of aromatic nitrogens is 2. The predicted molar refractivity (Wildman–Crippen MR) is 211 cm³/mol. The fourth-order valence-corrected chi connectivity index (χ4v) is 14.0. The fourth-order valence-electron chi connectivity index (χ4n) is 12.7. The summed E-state index contributed by atoms with van der Waals surface area (Å²) < 4.78 is 21.9. The van der Waals surface area contributed by atoms with Crippen LogP contribution in [-0.4, -0.2) is 55.0 Å². The predicted octanol–water partition coefficient (Wildman–Crippen LogP) is 8.97. The highest BCUT2D eigenvalue weighted by molar-refractivity contribution is 8.03. The summed E-state index contributed by atoms with van der Waals surface area (Å²) in [6.07, 6.45) is 18.8. The Bertz CT molecular complexity index is 1850. The largest absolute Gasteiger partial charge is 0.462 e. The topological polar surface area (TPSA) is 95.3 Å². The van der Waals surface area contributed by atoms with Gasteiger partial charge in [0.05, 0.1) is 10.6 Å². The lowest BCUT2D eigenvalue weighted by Gasteiger charge is -2.70. The van der Waals surface area contributed by atoms with E-state index < -0.39 is 14.9 Å². The van der Waals surface area contributed by atoms with Crippen molar-refractivity contribution in [1.29, 1.82) is 0 Å². The highest BCUT2D eigenvalue weighted by atomic mass is 32.2. The molecule has 288 valence electrons. The summed E-state index contributed by atoms with van der Waals surface area (Å²) in [5.41, 5.74) is -0.0454. The number of rotatable bonds is 5. The molecule has 6 rings (SSSR count). The second-order valence-electron chi connectivity index (χ2n) is 20.9. The smallest absolute Gasteiger partial charge is 0.302 e. The monoisotopic (exact) mass is 734 g/mol. The zero-order valence-corrected chi connectivity index (χ0v) is 35.2. The van der Waals surface area contributed by atoms with Crippen LogP contribution in [-0.2, 0) is 28.6 Å². The molecule has 0 amide bonds. The van der Waals surface area contributed by atoms with Crippen LogP contribution in [0, 0.1) is 55.7 Å². The molecule has 0 N–H and O–H groups in total. The molecule has 52 heavy (non-hydrogen) atoms. The van der Waals surface area contributed by atoms with Gasteiger partial charge in [0.15, 0.2) is 11.6 Å². The van der Waals surface area contributed by atoms with E-state index in [1.54, 1.807) is 23.4 Å². The first-order valence-electron chi connectivity index (χ1n) is 19.8. The molecule has 0 aliphatic heterocycles. The number of ether oxygens (including phenoxy) is 1. The molecule has 0 bridgehead atoms. The fraction of sp³-hybridized carbons (Fsp3) is 0.750. The van der Waals surface area contributed by atoms with Gasteiger partial charge in [-0.2, -0.15) is 5.10 Å². The molecule has 0 unspecified atom stereocenters. The van der Waals surface area contributed by atoms with Crippen LogP contribution in [0.4, 0.5) is 0 Å². The van der Waals surface area contributed by atoms with Crippen molar-refractivity contribution in [3.8, 4) is 0 Å². The van der Waals surface area contributed by atoms with E-state index in [9.17, 15) is 13.8 Å². The van der Waals surface area contributed by atoms with Crippen LogP contribution in [0.1, 0.15) is 134 Å². The van der Waals surface area contributed by atoms with Gasteiger partial charge in [0.25, 0.3) is 0 Å². The standard InChI is InChI=1S/C44H66N2O5S/c1-28(47)51-34-16-17-42(9)33(39(34,5)6)15-18-44(11)36(42)32(48)25-29-30-26-41(8,20-19-40(30,7)21-22-43(29,44)10)37(49)35(52(12,13)50)31(27-38(2,3)4)46-24-14-23-45-46/h14,23-25,27,30,33-34,36H,15-22,26H2,1-13H3/b31-27+/t30-,33-,34-,36+,40+,41+,42-,43+,44+/m0/s1. The zero-order chi connectivity index (χ0) is 38.7. The van der Waals surface area contributed by atoms with Gasteiger partial charge in [0.2, 0.25) is 0 Å². The Morgan fingerprint density at radius 1 is 0.962 bits per heavy atom. The first-order chi connectivity index (χ1) is 23.7. The van der Waals surface area contributed by atoms with E-state index in [0.29, 0.717) is 17.0 Å². The number of fused-ring (bicyclic) bond motifs is 7. The first kappa shape index (κ1) is 39.2. The highest BCUT2D eigenvalue weighted by Crippen LogP contribution is 2.75. The van der Waals surface area contributed by atoms with Gasteiger partial charge < -0.3 is 4.74 Å². The second kappa shape index (κ2) is 12.3. The van der Waals surface area contributed by atoms with Crippen molar-refractivity contribution in [1.82, 2.24) is 9.78 Å². The summed E-state index contributed by atoms with van der Waals surface area (Å²) in [5, 5.41) is 4.52. The summed E-state index contributed by atoms with van der Waals surface area (Å²) in [5.74, 6) is 0.193. The molecule has 1 aromatic rings. The molecule has 0 radical (unpaired) electrons. The molecular formula is C44H66N2O5S. The van der Waals surface area contributed by atoms with E-state index in [2.05, 4.69) is 80.4 Å². The molecule has 1 heterocycles. The average molecular weight is 735 g/mol. The number of carbonyl (C=O) groups is 3. The lowest BCUT2D eigenvalue weighted by atomic mass is 9.33. The van der Waals surface area contributed by atoms with E-state index >= 15 is 4.79 Å². The van der Waals surface area contributed by atoms with Crippen molar-refractivity contribution >= 4 is 37.6 Å². The van der Waals surface area contributed by atoms with Gasteiger partial charge in [0.1, 0.15) is 6.10 Å². The number of Topliss-reactive ketones (excluding diaryl/α,β-unsaturated/α-hetero) is 1. The van der Waals surface area contributed by atoms with Gasteiger partial charge in [-0.1, -0.05) is 80.9 Å². The van der Waals surface area contributed by atoms with Crippen LogP contribution in [0.3, 0.4) is 0 Å². The third kappa shape index (κ3) is 5.95. The highest BCUT2D eigenvalue weighted by Gasteiger charge is 2.70. The number of esters is 1. The third-order valence-corrected chi connectivity index (χ3v) is 17.0. The molecule has 4 saturated carbocycles. The number of carbonyl (C=O) groups excluding carboxylic acids is 3. The van der Waals surface area contributed by atoms with Gasteiger partial charge in [-0.15, -0.1) is 0 Å². The Hall–Kier alpha value is -2.48. The van der Waals surface area contributed by atoms with Crippen molar-refractivity contribution in [3.63, 3.8) is 0 Å². The zero-order valence-electron chi connectivity index (χ0n) is 34.4. The summed E-state index contributed by atoms with van der Waals surface area (Å²) in [4.78, 5) is 42.6. The summed E-state index contributed by atoms with van der Waals surface area (Å²) in [7, 11) is -2.71. The van der Waals surface area contributed by atoms with Crippen LogP contribution < -0.4 is 0 Å². The molecular weight excluding hydrogens is 669 g/mol. The van der Waals surface area contributed by atoms with E-state index in [1.165, 1.54) is 12.5 Å². The van der Waals surface area contributed by atoms with E-state index in [-0.39, 0.29) is 73.9 Å². The second-order valence-corrected chi connectivity index (χ2v) is 23.8. The van der Waals surface area contributed by atoms with E-state index in [1.807, 2.05) is 18.3 Å². The maximum absolute atomic E-state index is 15.2. The quantitative estimate of drug-likeness (QED) is 0.170. The molecule has 8 heteroatoms. The van der Waals surface area contributed by atoms with Crippen LogP contribution in [0.2, 0.25) is 0 Å². The van der Waals surface area contributed by atoms with Crippen molar-refractivity contribution < 1.29 is 23.3 Å². The van der Waals surface area contributed by atoms with Crippen LogP contribution in [0.15, 0.2) is 36.2 Å². The Morgan fingerprint density at radius 2 is 1.62 bits per heavy atom. The Kier molecular flexibility index (Phi) is 9.25. The van der Waals surface area contributed by atoms with Gasteiger partial charge in [-0.05, 0) is 118 Å². The van der Waals surface area contributed by atoms with E-state index in [0.717, 1.165) is 51.4 Å². The number of hydrogen-bond acceptors (Lipinski definition) is 6. The lowest BCUT2D eigenvalue weighted by Crippen LogP contribution is -2.66. The maximum atomic E-state index is 15.2. The molecule has 0 spiro atoms. The maximum Gasteiger partial charge on any atom is 0.302 e. The minimum absolute atomic E-state index is 0.0220. The lowest BCUT2D eigenvalue weighted by molar-refractivity contribution is -0.210. The normalized spacial score (nSPS) is 40.4. The van der Waals surface area contributed by atoms with Crippen molar-refractivity contribution in [2.45, 2.75) is 140 Å². The molecule has 7 nitrogen and oxygen atoms in total. The number of hydrogen-bond donors (Lipinski definition) is 0. The molecule has 5 aliphatic rings. The Balaban J connectivity index is 1.41. The van der Waals surface area contributed by atoms with Gasteiger partial charge in [0, 0.05) is 48.6 Å². The van der Waals surface area contributed by atoms with Gasteiger partial charge in [-0.25, -0.2) is 4.68 Å². The van der Waals surface area contributed by atoms with Crippen LogP contribution >= 0.6 is 0 Å². The number of nitrogens with zero attached hydrogens (tertiary/aromatic N) is 2. The van der Waals surface area contributed by atoms with Crippen molar-refractivity contribution in [2.24, 2.45) is 55.7 Å². The SMILES string of the molecule is CC(=O)O[C@H]1CC[C@]2(C)[C@H]3C(=O)C=C4[C@@H]5C[C@](C)(C(=O)C(/C(=C\C(C)(C)C)n6cccn6)=S(C)(C)=O)CC[C@]5(C)CC[C@@]4(C)[C@]3(C)CC[C@H]2C1(C)C. The van der Waals surface area contributed by atoms with E-state index in [4.69, 9.17) is 4.74 Å². The van der Waals surface area contributed by atoms with Gasteiger partial charge >= 0.3 is 5.97 Å². The molecule has 4 fully saturated rings. The van der Waals surface area contributed by atoms with Crippen LogP contribution in [0.5, 0.6) is 0 Å². The van der Waals surface area contributed by atoms with Crippen molar-refractivity contribution in [3.05, 3.63) is 36.2 Å². The minimum atomic E-state index is -2.71. The first-order valence-corrected chi connectivity index (χ1v) is 22.1. The molecule has 5 aliphatic carbocycles. The molecule has 9 atom stereocenters. The Morgan fingerprint density at radius 3 is 2.19 bits per heavy atom. The summed E-state index contributed by atoms with van der Waals surface area (Å²) in [6, 6.07) is 1.84. The van der Waals surface area contributed by atoms with Gasteiger partial charge in [-0.3, -0.25) is 18.6 Å². The number of allylic oxidation sites excluding steroid dienone is 4. The molecule has 0 aromatic carbocycles. The summed E-state index contributed by atoms with van der Waals surface area (Å²) in [6.45, 7) is 24.0. The number of ketones is 2. The third-order valence-electron chi connectivity index (χ3n) is 15.6. The Labute approximate surface area is 314 Å². The van der Waals surface area contributed by atoms with Crippen LogP contribution in [0.25, 0.3) is 5.70 Å². The molecule has 0 saturated heterocycles. The average Bonchev–Trinajstić information content (AvgIpc) is 3.54. The van der Waals surface area contributed by atoms with Crippen molar-refractivity contribution in [2.75, 3.05) is 12.5 Å². The minimum Gasteiger partial charge on any atom is -0.462 e. The molecule has 1 aromatic heterocycles.